The fourth-order valence-corrected chi connectivity index (χ4v) is 2.91. The van der Waals surface area contributed by atoms with Crippen molar-refractivity contribution in [1.82, 2.24) is 0 Å². The minimum absolute atomic E-state index is 0.242. The minimum Gasteiger partial charge on any atom is -0.493 e. The Morgan fingerprint density at radius 2 is 1.70 bits per heavy atom. The van der Waals surface area contributed by atoms with Gasteiger partial charge in [0.25, 0.3) is 0 Å². The van der Waals surface area contributed by atoms with Gasteiger partial charge in [-0.3, -0.25) is 9.52 Å². The van der Waals surface area contributed by atoms with E-state index in [1.54, 1.807) is 31.2 Å². The molecular formula is C19H21NO6S. The Kier molecular flexibility index (Phi) is 6.57. The highest BCUT2D eigenvalue weighted by molar-refractivity contribution is 7.92. The zero-order valence-electron chi connectivity index (χ0n) is 15.3. The molecule has 2 rings (SSSR count). The van der Waals surface area contributed by atoms with Crippen LogP contribution in [0.1, 0.15) is 34.6 Å². The van der Waals surface area contributed by atoms with Crippen LogP contribution in [-0.2, 0) is 14.8 Å². The van der Waals surface area contributed by atoms with Gasteiger partial charge in [-0.15, -0.1) is 0 Å². The summed E-state index contributed by atoms with van der Waals surface area (Å²) >= 11 is 0. The van der Waals surface area contributed by atoms with E-state index >= 15 is 0 Å². The number of rotatable bonds is 8. The number of carbonyl (C=O) groups is 2. The SMILES string of the molecule is CCOc1ccccc1C(=O)O[C@@H](C)C(=O)c1ccc(NS(C)(=O)=O)cc1. The van der Waals surface area contributed by atoms with Gasteiger partial charge in [0, 0.05) is 11.3 Å². The van der Waals surface area contributed by atoms with Crippen molar-refractivity contribution < 1.29 is 27.5 Å². The van der Waals surface area contributed by atoms with Gasteiger partial charge in [0.05, 0.1) is 12.9 Å². The molecule has 2 aromatic rings. The second-order valence-electron chi connectivity index (χ2n) is 5.79. The largest absolute Gasteiger partial charge is 0.493 e. The predicted molar refractivity (Wildman–Crippen MR) is 102 cm³/mol. The Hall–Kier alpha value is -2.87. The van der Waals surface area contributed by atoms with Crippen molar-refractivity contribution in [2.24, 2.45) is 0 Å². The van der Waals surface area contributed by atoms with Crippen LogP contribution >= 0.6 is 0 Å². The summed E-state index contributed by atoms with van der Waals surface area (Å²) in [5, 5.41) is 0. The Balaban J connectivity index is 2.08. The minimum atomic E-state index is -3.40. The van der Waals surface area contributed by atoms with Crippen LogP contribution in [0.2, 0.25) is 0 Å². The molecule has 1 N–H and O–H groups in total. The summed E-state index contributed by atoms with van der Waals surface area (Å²) in [6.07, 6.45) is 0.0223. The van der Waals surface area contributed by atoms with Crippen LogP contribution in [0.25, 0.3) is 0 Å². The first-order valence-electron chi connectivity index (χ1n) is 8.26. The van der Waals surface area contributed by atoms with Crippen molar-refractivity contribution >= 4 is 27.5 Å². The molecule has 0 aliphatic carbocycles. The third-order valence-electron chi connectivity index (χ3n) is 3.53. The number of sulfonamides is 1. The number of para-hydroxylation sites is 1. The van der Waals surface area contributed by atoms with Crippen molar-refractivity contribution in [1.29, 1.82) is 0 Å². The first-order valence-corrected chi connectivity index (χ1v) is 10.1. The lowest BCUT2D eigenvalue weighted by Crippen LogP contribution is -2.24. The van der Waals surface area contributed by atoms with E-state index < -0.39 is 27.9 Å². The number of anilines is 1. The van der Waals surface area contributed by atoms with Crippen LogP contribution in [0.4, 0.5) is 5.69 Å². The van der Waals surface area contributed by atoms with Gasteiger partial charge >= 0.3 is 5.97 Å². The number of ketones is 1. The van der Waals surface area contributed by atoms with E-state index in [1.807, 2.05) is 0 Å². The van der Waals surface area contributed by atoms with E-state index in [0.717, 1.165) is 6.26 Å². The van der Waals surface area contributed by atoms with E-state index in [0.29, 0.717) is 23.6 Å². The Bertz CT molecular complexity index is 921. The molecule has 0 spiro atoms. The second-order valence-corrected chi connectivity index (χ2v) is 7.54. The van der Waals surface area contributed by atoms with Gasteiger partial charge in [-0.2, -0.15) is 0 Å². The number of Topliss-reactive ketones (excluding diaryl/α,β-unsaturated/α-hetero) is 1. The highest BCUT2D eigenvalue weighted by Gasteiger charge is 2.22. The van der Waals surface area contributed by atoms with Crippen LogP contribution in [0, 0.1) is 0 Å². The topological polar surface area (TPSA) is 98.8 Å². The molecule has 144 valence electrons. The van der Waals surface area contributed by atoms with E-state index in [2.05, 4.69) is 4.72 Å². The molecule has 0 aliphatic rings. The number of carbonyl (C=O) groups excluding carboxylic acids is 2. The van der Waals surface area contributed by atoms with Gasteiger partial charge in [0.1, 0.15) is 11.3 Å². The molecule has 0 amide bonds. The van der Waals surface area contributed by atoms with Crippen molar-refractivity contribution in [2.75, 3.05) is 17.6 Å². The molecule has 7 nitrogen and oxygen atoms in total. The van der Waals surface area contributed by atoms with Crippen LogP contribution < -0.4 is 9.46 Å². The third kappa shape index (κ3) is 5.82. The monoisotopic (exact) mass is 391 g/mol. The lowest BCUT2D eigenvalue weighted by atomic mass is 10.1. The molecule has 0 radical (unpaired) electrons. The molecule has 0 aliphatic heterocycles. The quantitative estimate of drug-likeness (QED) is 0.549. The van der Waals surface area contributed by atoms with Crippen molar-refractivity contribution in [2.45, 2.75) is 20.0 Å². The average molecular weight is 391 g/mol. The molecule has 0 saturated carbocycles. The molecule has 0 unspecified atom stereocenters. The highest BCUT2D eigenvalue weighted by Crippen LogP contribution is 2.20. The van der Waals surface area contributed by atoms with Crippen LogP contribution in [0.3, 0.4) is 0 Å². The van der Waals surface area contributed by atoms with Crippen molar-refractivity contribution in [3.63, 3.8) is 0 Å². The van der Waals surface area contributed by atoms with Crippen molar-refractivity contribution in [3.05, 3.63) is 59.7 Å². The maximum absolute atomic E-state index is 12.5. The molecular weight excluding hydrogens is 370 g/mol. The summed E-state index contributed by atoms with van der Waals surface area (Å²) in [7, 11) is -3.40. The maximum Gasteiger partial charge on any atom is 0.342 e. The van der Waals surface area contributed by atoms with Crippen LogP contribution in [0.15, 0.2) is 48.5 Å². The summed E-state index contributed by atoms with van der Waals surface area (Å²) in [4.78, 5) is 24.8. The van der Waals surface area contributed by atoms with E-state index in [4.69, 9.17) is 9.47 Å². The highest BCUT2D eigenvalue weighted by atomic mass is 32.2. The number of esters is 1. The molecule has 1 atom stereocenters. The van der Waals surface area contributed by atoms with E-state index in [9.17, 15) is 18.0 Å². The number of benzene rings is 2. The maximum atomic E-state index is 12.5. The van der Waals surface area contributed by atoms with Gasteiger partial charge in [-0.05, 0) is 50.2 Å². The van der Waals surface area contributed by atoms with Gasteiger partial charge in [-0.1, -0.05) is 12.1 Å². The third-order valence-corrected chi connectivity index (χ3v) is 4.14. The standard InChI is InChI=1S/C19H21NO6S/c1-4-25-17-8-6-5-7-16(17)19(22)26-13(2)18(21)14-9-11-15(12-10-14)20-27(3,23)24/h5-13,20H,4H2,1-3H3/t13-/m0/s1. The summed E-state index contributed by atoms with van der Waals surface area (Å²) in [5.41, 5.74) is 0.878. The zero-order valence-corrected chi connectivity index (χ0v) is 16.1. The van der Waals surface area contributed by atoms with Gasteiger partial charge in [-0.25, -0.2) is 13.2 Å². The molecule has 0 bridgehead atoms. The number of ether oxygens (including phenoxy) is 2. The number of nitrogens with one attached hydrogen (secondary N) is 1. The molecule has 0 saturated heterocycles. The van der Waals surface area contributed by atoms with Crippen molar-refractivity contribution in [3.8, 4) is 5.75 Å². The molecule has 0 heterocycles. The van der Waals surface area contributed by atoms with Gasteiger partial charge in [0.15, 0.2) is 6.10 Å². The van der Waals surface area contributed by atoms with Crippen LogP contribution in [0.5, 0.6) is 5.75 Å². The molecule has 27 heavy (non-hydrogen) atoms. The average Bonchev–Trinajstić information content (AvgIpc) is 2.61. The Labute approximate surface area is 158 Å². The van der Waals surface area contributed by atoms with Gasteiger partial charge < -0.3 is 9.47 Å². The summed E-state index contributed by atoms with van der Waals surface area (Å²) in [5.74, 6) is -0.667. The number of hydrogen-bond donors (Lipinski definition) is 1. The van der Waals surface area contributed by atoms with E-state index in [-0.39, 0.29) is 5.56 Å². The lowest BCUT2D eigenvalue weighted by Gasteiger charge is -2.14. The first kappa shape index (κ1) is 20.4. The Morgan fingerprint density at radius 1 is 1.07 bits per heavy atom. The molecule has 2 aromatic carbocycles. The molecule has 0 aromatic heterocycles. The first-order chi connectivity index (χ1) is 12.7. The van der Waals surface area contributed by atoms with Crippen LogP contribution in [-0.4, -0.2) is 39.1 Å². The molecule has 8 heteroatoms. The second kappa shape index (κ2) is 8.68. The zero-order chi connectivity index (χ0) is 20.0. The fourth-order valence-electron chi connectivity index (χ4n) is 2.35. The number of hydrogen-bond acceptors (Lipinski definition) is 6. The smallest absolute Gasteiger partial charge is 0.342 e. The van der Waals surface area contributed by atoms with Gasteiger partial charge in [0.2, 0.25) is 15.8 Å². The Morgan fingerprint density at radius 3 is 2.30 bits per heavy atom. The van der Waals surface area contributed by atoms with E-state index in [1.165, 1.54) is 31.2 Å². The summed E-state index contributed by atoms with van der Waals surface area (Å²) in [6, 6.07) is 12.5. The predicted octanol–water partition coefficient (Wildman–Crippen LogP) is 2.89. The lowest BCUT2D eigenvalue weighted by molar-refractivity contribution is 0.0315. The summed E-state index contributed by atoms with van der Waals surface area (Å²) < 4.78 is 35.4. The fraction of sp³-hybridized carbons (Fsp3) is 0.263. The summed E-state index contributed by atoms with van der Waals surface area (Å²) in [6.45, 7) is 3.68. The molecule has 0 fully saturated rings. The normalized spacial score (nSPS) is 12.1.